The first-order chi connectivity index (χ1) is 10.2. The topological polar surface area (TPSA) is 32.3 Å². The van der Waals surface area contributed by atoms with Crippen LogP contribution in [0.15, 0.2) is 54.6 Å². The van der Waals surface area contributed by atoms with E-state index in [1.54, 1.807) is 6.07 Å². The Morgan fingerprint density at radius 3 is 2.76 bits per heavy atom. The zero-order valence-electron chi connectivity index (χ0n) is 11.7. The van der Waals surface area contributed by atoms with Crippen molar-refractivity contribution in [2.75, 3.05) is 5.32 Å². The molecule has 3 rings (SSSR count). The highest BCUT2D eigenvalue weighted by atomic mass is 19.1. The van der Waals surface area contributed by atoms with Crippen molar-refractivity contribution in [3.05, 3.63) is 71.6 Å². The second-order valence-electron chi connectivity index (χ2n) is 5.42. The maximum absolute atomic E-state index is 13.3. The normalized spacial score (nSPS) is 21.6. The molecule has 1 aliphatic rings. The summed E-state index contributed by atoms with van der Waals surface area (Å²) in [6.45, 7) is 0. The molecule has 1 aliphatic heterocycles. The van der Waals surface area contributed by atoms with Crippen molar-refractivity contribution in [1.82, 2.24) is 0 Å². The largest absolute Gasteiger partial charge is 0.393 e. The van der Waals surface area contributed by atoms with Gasteiger partial charge in [0.1, 0.15) is 5.82 Å². The molecule has 0 saturated heterocycles. The summed E-state index contributed by atoms with van der Waals surface area (Å²) in [5.41, 5.74) is 2.85. The molecular formula is C18H18FNO. The Bertz CT molecular complexity index is 639. The van der Waals surface area contributed by atoms with Gasteiger partial charge in [-0.3, -0.25) is 0 Å². The summed E-state index contributed by atoms with van der Waals surface area (Å²) in [5.74, 6) is -0.263. The van der Waals surface area contributed by atoms with Gasteiger partial charge in [0.05, 0.1) is 6.10 Å². The predicted molar refractivity (Wildman–Crippen MR) is 83.6 cm³/mol. The number of benzene rings is 2. The monoisotopic (exact) mass is 283 g/mol. The molecule has 0 aromatic heterocycles. The predicted octanol–water partition coefficient (Wildman–Crippen LogP) is 3.63. The minimum Gasteiger partial charge on any atom is -0.393 e. The van der Waals surface area contributed by atoms with Crippen LogP contribution in [0.1, 0.15) is 17.5 Å². The van der Waals surface area contributed by atoms with E-state index in [1.165, 1.54) is 12.1 Å². The van der Waals surface area contributed by atoms with Gasteiger partial charge in [-0.05, 0) is 35.7 Å². The first kappa shape index (κ1) is 13.8. The van der Waals surface area contributed by atoms with E-state index >= 15 is 0 Å². The van der Waals surface area contributed by atoms with Crippen LogP contribution < -0.4 is 5.32 Å². The SMILES string of the molecule is O[C@@H]1Cc2cc(F)ccc2N[C@H](/C=C/c2ccccc2)C1. The van der Waals surface area contributed by atoms with E-state index < -0.39 is 6.10 Å². The van der Waals surface area contributed by atoms with Crippen LogP contribution in [0.3, 0.4) is 0 Å². The third kappa shape index (κ3) is 3.50. The van der Waals surface area contributed by atoms with Gasteiger partial charge < -0.3 is 10.4 Å². The summed E-state index contributed by atoms with van der Waals surface area (Å²) in [5, 5.41) is 13.5. The molecule has 108 valence electrons. The molecule has 0 fully saturated rings. The van der Waals surface area contributed by atoms with Crippen molar-refractivity contribution in [3.63, 3.8) is 0 Å². The smallest absolute Gasteiger partial charge is 0.123 e. The molecule has 21 heavy (non-hydrogen) atoms. The van der Waals surface area contributed by atoms with Gasteiger partial charge in [0.2, 0.25) is 0 Å². The lowest BCUT2D eigenvalue weighted by molar-refractivity contribution is 0.165. The van der Waals surface area contributed by atoms with Crippen molar-refractivity contribution in [2.24, 2.45) is 0 Å². The first-order valence-electron chi connectivity index (χ1n) is 7.17. The van der Waals surface area contributed by atoms with E-state index in [1.807, 2.05) is 36.4 Å². The van der Waals surface area contributed by atoms with Crippen LogP contribution in [-0.4, -0.2) is 17.3 Å². The van der Waals surface area contributed by atoms with Gasteiger partial charge in [0.25, 0.3) is 0 Å². The number of nitrogens with one attached hydrogen (secondary N) is 1. The highest BCUT2D eigenvalue weighted by molar-refractivity contribution is 5.56. The Morgan fingerprint density at radius 1 is 1.14 bits per heavy atom. The Morgan fingerprint density at radius 2 is 1.95 bits per heavy atom. The molecule has 1 heterocycles. The molecule has 2 nitrogen and oxygen atoms in total. The van der Waals surface area contributed by atoms with E-state index in [9.17, 15) is 9.50 Å². The minimum absolute atomic E-state index is 0.0342. The quantitative estimate of drug-likeness (QED) is 0.882. The summed E-state index contributed by atoms with van der Waals surface area (Å²) in [4.78, 5) is 0. The number of aliphatic hydroxyl groups is 1. The van der Waals surface area contributed by atoms with Gasteiger partial charge in [-0.25, -0.2) is 4.39 Å². The second kappa shape index (κ2) is 6.10. The summed E-state index contributed by atoms with van der Waals surface area (Å²) in [7, 11) is 0. The van der Waals surface area contributed by atoms with E-state index in [0.717, 1.165) is 16.8 Å². The Labute approximate surface area is 123 Å². The van der Waals surface area contributed by atoms with Gasteiger partial charge in [-0.15, -0.1) is 0 Å². The van der Waals surface area contributed by atoms with Crippen LogP contribution in [0.4, 0.5) is 10.1 Å². The van der Waals surface area contributed by atoms with Crippen molar-refractivity contribution < 1.29 is 9.50 Å². The van der Waals surface area contributed by atoms with Gasteiger partial charge in [0, 0.05) is 18.2 Å². The fourth-order valence-corrected chi connectivity index (χ4v) is 2.68. The maximum Gasteiger partial charge on any atom is 0.123 e. The molecule has 0 saturated carbocycles. The fraction of sp³-hybridized carbons (Fsp3) is 0.222. The second-order valence-corrected chi connectivity index (χ2v) is 5.42. The maximum atomic E-state index is 13.3. The van der Waals surface area contributed by atoms with E-state index in [2.05, 4.69) is 11.4 Å². The number of rotatable bonds is 2. The number of fused-ring (bicyclic) bond motifs is 1. The van der Waals surface area contributed by atoms with Crippen molar-refractivity contribution in [3.8, 4) is 0 Å². The fourth-order valence-electron chi connectivity index (χ4n) is 2.68. The zero-order chi connectivity index (χ0) is 14.7. The number of hydrogen-bond donors (Lipinski definition) is 2. The third-order valence-electron chi connectivity index (χ3n) is 3.71. The molecule has 0 bridgehead atoms. The van der Waals surface area contributed by atoms with Crippen LogP contribution in [-0.2, 0) is 6.42 Å². The van der Waals surface area contributed by atoms with Crippen LogP contribution in [0, 0.1) is 5.82 Å². The number of hydrogen-bond acceptors (Lipinski definition) is 2. The van der Waals surface area contributed by atoms with Gasteiger partial charge in [-0.1, -0.05) is 42.5 Å². The molecule has 2 atom stereocenters. The van der Waals surface area contributed by atoms with Crippen molar-refractivity contribution >= 4 is 11.8 Å². The van der Waals surface area contributed by atoms with Crippen LogP contribution in [0.25, 0.3) is 6.08 Å². The first-order valence-corrected chi connectivity index (χ1v) is 7.17. The zero-order valence-corrected chi connectivity index (χ0v) is 11.7. The van der Waals surface area contributed by atoms with Crippen LogP contribution in [0.2, 0.25) is 0 Å². The molecular weight excluding hydrogens is 265 g/mol. The lowest BCUT2D eigenvalue weighted by Gasteiger charge is -2.15. The van der Waals surface area contributed by atoms with Crippen molar-refractivity contribution in [1.29, 1.82) is 0 Å². The minimum atomic E-state index is -0.467. The highest BCUT2D eigenvalue weighted by Crippen LogP contribution is 2.25. The molecule has 0 spiro atoms. The van der Waals surface area contributed by atoms with Gasteiger partial charge >= 0.3 is 0 Å². The lowest BCUT2D eigenvalue weighted by atomic mass is 10.0. The van der Waals surface area contributed by atoms with Crippen molar-refractivity contribution in [2.45, 2.75) is 25.0 Å². The van der Waals surface area contributed by atoms with Crippen LogP contribution in [0.5, 0.6) is 0 Å². The van der Waals surface area contributed by atoms with Gasteiger partial charge in [0.15, 0.2) is 0 Å². The lowest BCUT2D eigenvalue weighted by Crippen LogP contribution is -2.21. The average molecular weight is 283 g/mol. The highest BCUT2D eigenvalue weighted by Gasteiger charge is 2.20. The van der Waals surface area contributed by atoms with E-state index in [4.69, 9.17) is 0 Å². The Hall–Kier alpha value is -2.13. The molecule has 2 N–H and O–H groups in total. The molecule has 0 unspecified atom stereocenters. The van der Waals surface area contributed by atoms with Crippen LogP contribution >= 0.6 is 0 Å². The van der Waals surface area contributed by atoms with E-state index in [-0.39, 0.29) is 11.9 Å². The number of aliphatic hydroxyl groups excluding tert-OH is 1. The van der Waals surface area contributed by atoms with E-state index in [0.29, 0.717) is 12.8 Å². The molecule has 2 aromatic carbocycles. The van der Waals surface area contributed by atoms with Gasteiger partial charge in [-0.2, -0.15) is 0 Å². The Balaban J connectivity index is 1.81. The summed E-state index contributed by atoms with van der Waals surface area (Å²) in [6, 6.07) is 14.8. The number of halogens is 1. The average Bonchev–Trinajstić information content (AvgIpc) is 2.63. The Kier molecular flexibility index (Phi) is 4.02. The molecule has 3 heteroatoms. The summed E-state index contributed by atoms with van der Waals surface area (Å²) >= 11 is 0. The molecule has 0 radical (unpaired) electrons. The summed E-state index contributed by atoms with van der Waals surface area (Å²) in [6.07, 6.45) is 4.72. The molecule has 0 aliphatic carbocycles. The summed E-state index contributed by atoms with van der Waals surface area (Å²) < 4.78 is 13.3. The molecule has 2 aromatic rings. The molecule has 0 amide bonds. The number of anilines is 1. The third-order valence-corrected chi connectivity index (χ3v) is 3.71. The standard InChI is InChI=1S/C18H18FNO/c19-15-7-9-18-14(10-15)11-17(21)12-16(20-18)8-6-13-4-2-1-3-5-13/h1-10,16-17,20-21H,11-12H2/b8-6+/t16-,17-/m1/s1.